The topological polar surface area (TPSA) is 134 Å². The highest BCUT2D eigenvalue weighted by molar-refractivity contribution is 5.94. The molecule has 2 aromatic rings. The Labute approximate surface area is 158 Å². The lowest BCUT2D eigenvalue weighted by atomic mass is 9.85. The lowest BCUT2D eigenvalue weighted by Gasteiger charge is -2.38. The van der Waals surface area contributed by atoms with Crippen molar-refractivity contribution in [2.24, 2.45) is 0 Å². The average molecular weight is 393 g/mol. The Balaban J connectivity index is 1.73. The van der Waals surface area contributed by atoms with Crippen LogP contribution < -0.4 is 21.3 Å². The summed E-state index contributed by atoms with van der Waals surface area (Å²) in [5, 5.41) is 23.5. The number of aliphatic hydroxyl groups is 2. The van der Waals surface area contributed by atoms with Crippen LogP contribution in [-0.4, -0.2) is 51.0 Å². The first kappa shape index (κ1) is 19.8. The Kier molecular flexibility index (Phi) is 5.61. The third-order valence-corrected chi connectivity index (χ3v) is 4.88. The van der Waals surface area contributed by atoms with Crippen molar-refractivity contribution in [2.45, 2.75) is 37.1 Å². The van der Waals surface area contributed by atoms with Gasteiger partial charge in [0.2, 0.25) is 5.82 Å². The molecule has 1 fully saturated rings. The summed E-state index contributed by atoms with van der Waals surface area (Å²) in [6.45, 7) is 0. The molecule has 4 N–H and O–H groups in total. The van der Waals surface area contributed by atoms with Crippen LogP contribution in [0.4, 0.5) is 4.39 Å². The standard InChI is InChI=1S/C18H20FN3O6/c1-28-10-4-2-9(3-5-10)16(25)20-12-6-7-13(15(24)14(12)23)22-8-11(19)17(26)21-18(22)27/h2-5,8,12-15,23-24H,6-7H2,1H3,(H,20,25)(H,21,26,27)/t12-,13-,14-,15-/m1/s1. The predicted molar refractivity (Wildman–Crippen MR) is 95.8 cm³/mol. The molecule has 28 heavy (non-hydrogen) atoms. The summed E-state index contributed by atoms with van der Waals surface area (Å²) < 4.78 is 19.4. The summed E-state index contributed by atoms with van der Waals surface area (Å²) in [6, 6.07) is 4.66. The van der Waals surface area contributed by atoms with Gasteiger partial charge in [0, 0.05) is 5.56 Å². The van der Waals surface area contributed by atoms with Crippen LogP contribution in [0.5, 0.6) is 5.75 Å². The third kappa shape index (κ3) is 3.82. The van der Waals surface area contributed by atoms with E-state index in [0.29, 0.717) is 17.5 Å². The summed E-state index contributed by atoms with van der Waals surface area (Å²) in [5.74, 6) is -1.02. The van der Waals surface area contributed by atoms with E-state index in [2.05, 4.69) is 5.32 Å². The van der Waals surface area contributed by atoms with E-state index in [1.54, 1.807) is 24.3 Å². The number of methoxy groups -OCH3 is 1. The maximum absolute atomic E-state index is 13.5. The minimum Gasteiger partial charge on any atom is -0.497 e. The molecule has 4 atom stereocenters. The second kappa shape index (κ2) is 7.95. The van der Waals surface area contributed by atoms with Crippen LogP contribution in [0.3, 0.4) is 0 Å². The maximum atomic E-state index is 13.5. The summed E-state index contributed by atoms with van der Waals surface area (Å²) in [5.41, 5.74) is -1.69. The molecular formula is C18H20FN3O6. The van der Waals surface area contributed by atoms with Gasteiger partial charge in [-0.1, -0.05) is 0 Å². The van der Waals surface area contributed by atoms with Crippen molar-refractivity contribution in [3.8, 4) is 5.75 Å². The molecular weight excluding hydrogens is 373 g/mol. The summed E-state index contributed by atoms with van der Waals surface area (Å²) in [7, 11) is 1.50. The molecule has 1 aromatic carbocycles. The van der Waals surface area contributed by atoms with E-state index < -0.39 is 47.3 Å². The molecule has 1 aliphatic rings. The first-order valence-corrected chi connectivity index (χ1v) is 8.64. The smallest absolute Gasteiger partial charge is 0.328 e. The number of aliphatic hydroxyl groups excluding tert-OH is 2. The number of halogens is 1. The molecule has 9 nitrogen and oxygen atoms in total. The Morgan fingerprint density at radius 3 is 2.54 bits per heavy atom. The minimum atomic E-state index is -1.45. The lowest BCUT2D eigenvalue weighted by molar-refractivity contribution is -0.0572. The van der Waals surface area contributed by atoms with Gasteiger partial charge in [-0.15, -0.1) is 0 Å². The van der Waals surface area contributed by atoms with E-state index >= 15 is 0 Å². The van der Waals surface area contributed by atoms with Crippen LogP contribution in [-0.2, 0) is 0 Å². The van der Waals surface area contributed by atoms with E-state index in [1.165, 1.54) is 7.11 Å². The highest BCUT2D eigenvalue weighted by Crippen LogP contribution is 2.28. The number of ether oxygens (including phenoxy) is 1. The van der Waals surface area contributed by atoms with Gasteiger partial charge in [0.1, 0.15) is 18.0 Å². The average Bonchev–Trinajstić information content (AvgIpc) is 2.69. The number of aromatic nitrogens is 2. The molecule has 0 unspecified atom stereocenters. The first-order valence-electron chi connectivity index (χ1n) is 8.64. The van der Waals surface area contributed by atoms with Crippen LogP contribution >= 0.6 is 0 Å². The highest BCUT2D eigenvalue weighted by Gasteiger charge is 2.39. The number of hydrogen-bond donors (Lipinski definition) is 4. The largest absolute Gasteiger partial charge is 0.497 e. The molecule has 10 heteroatoms. The van der Waals surface area contributed by atoms with Crippen LogP contribution in [0, 0.1) is 5.82 Å². The van der Waals surface area contributed by atoms with Gasteiger partial charge in [0.05, 0.1) is 25.4 Å². The molecule has 3 rings (SSSR count). The van der Waals surface area contributed by atoms with Crippen LogP contribution in [0.2, 0.25) is 0 Å². The molecule has 0 bridgehead atoms. The number of hydrogen-bond acceptors (Lipinski definition) is 6. The molecule has 0 spiro atoms. The number of amides is 1. The lowest BCUT2D eigenvalue weighted by Crippen LogP contribution is -2.55. The van der Waals surface area contributed by atoms with Crippen molar-refractivity contribution in [1.82, 2.24) is 14.9 Å². The molecule has 0 saturated heterocycles. The number of carbonyl (C=O) groups excluding carboxylic acids is 1. The van der Waals surface area contributed by atoms with E-state index in [4.69, 9.17) is 4.74 Å². The summed E-state index contributed by atoms with van der Waals surface area (Å²) in [4.78, 5) is 37.2. The van der Waals surface area contributed by atoms with Gasteiger partial charge >= 0.3 is 5.69 Å². The Morgan fingerprint density at radius 1 is 1.21 bits per heavy atom. The van der Waals surface area contributed by atoms with Crippen LogP contribution in [0.1, 0.15) is 29.2 Å². The molecule has 1 amide bonds. The number of rotatable bonds is 4. The van der Waals surface area contributed by atoms with Gasteiger partial charge < -0.3 is 20.3 Å². The normalized spacial score (nSPS) is 24.6. The Hall–Kier alpha value is -2.98. The monoisotopic (exact) mass is 393 g/mol. The number of H-pyrrole nitrogens is 1. The zero-order valence-electron chi connectivity index (χ0n) is 15.0. The minimum absolute atomic E-state index is 0.178. The summed E-state index contributed by atoms with van der Waals surface area (Å²) >= 11 is 0. The van der Waals surface area contributed by atoms with Crippen molar-refractivity contribution >= 4 is 5.91 Å². The fourth-order valence-electron chi connectivity index (χ4n) is 3.32. The van der Waals surface area contributed by atoms with Crippen LogP contribution in [0.15, 0.2) is 40.1 Å². The van der Waals surface area contributed by atoms with Gasteiger partial charge in [-0.3, -0.25) is 19.1 Å². The Morgan fingerprint density at radius 2 is 1.89 bits per heavy atom. The van der Waals surface area contributed by atoms with Crippen LogP contribution in [0.25, 0.3) is 0 Å². The van der Waals surface area contributed by atoms with Crippen molar-refractivity contribution in [3.63, 3.8) is 0 Å². The third-order valence-electron chi connectivity index (χ3n) is 4.88. The van der Waals surface area contributed by atoms with E-state index in [9.17, 15) is 29.0 Å². The molecule has 0 radical (unpaired) electrons. The molecule has 0 aliphatic heterocycles. The molecule has 1 aromatic heterocycles. The van der Waals surface area contributed by atoms with Gasteiger partial charge in [0.15, 0.2) is 0 Å². The molecule has 150 valence electrons. The second-order valence-corrected chi connectivity index (χ2v) is 6.58. The SMILES string of the molecule is COc1ccc(C(=O)N[C@@H]2CC[C@@H](n3cc(F)c(=O)[nH]c3=O)[C@@H](O)[C@@H]2O)cc1. The van der Waals surface area contributed by atoms with Crippen molar-refractivity contribution in [3.05, 3.63) is 62.7 Å². The number of benzene rings is 1. The number of nitrogens with one attached hydrogen (secondary N) is 2. The maximum Gasteiger partial charge on any atom is 0.328 e. The highest BCUT2D eigenvalue weighted by atomic mass is 19.1. The molecule has 1 saturated carbocycles. The van der Waals surface area contributed by atoms with E-state index in [0.717, 1.165) is 4.57 Å². The van der Waals surface area contributed by atoms with E-state index in [-0.39, 0.29) is 12.8 Å². The predicted octanol–water partition coefficient (Wildman–Crippen LogP) is -0.460. The van der Waals surface area contributed by atoms with Crippen molar-refractivity contribution in [2.75, 3.05) is 7.11 Å². The number of nitrogens with zero attached hydrogens (tertiary/aromatic N) is 1. The summed E-state index contributed by atoms with van der Waals surface area (Å²) in [6.07, 6.45) is -1.71. The number of carbonyl (C=O) groups is 1. The molecule has 1 aliphatic carbocycles. The van der Waals surface area contributed by atoms with Crippen molar-refractivity contribution < 1.29 is 24.1 Å². The molecule has 1 heterocycles. The quantitative estimate of drug-likeness (QED) is 0.556. The fourth-order valence-corrected chi connectivity index (χ4v) is 3.32. The van der Waals surface area contributed by atoms with Gasteiger partial charge in [0.25, 0.3) is 11.5 Å². The zero-order chi connectivity index (χ0) is 20.4. The number of aromatic amines is 1. The van der Waals surface area contributed by atoms with Gasteiger partial charge in [-0.25, -0.2) is 4.79 Å². The van der Waals surface area contributed by atoms with E-state index in [1.807, 2.05) is 4.98 Å². The second-order valence-electron chi connectivity index (χ2n) is 6.58. The van der Waals surface area contributed by atoms with Gasteiger partial charge in [-0.2, -0.15) is 4.39 Å². The van der Waals surface area contributed by atoms with Crippen molar-refractivity contribution in [1.29, 1.82) is 0 Å². The fraction of sp³-hybridized carbons (Fsp3) is 0.389. The Bertz CT molecular complexity index is 971. The zero-order valence-corrected chi connectivity index (χ0v) is 15.0. The van der Waals surface area contributed by atoms with Gasteiger partial charge in [-0.05, 0) is 37.1 Å². The first-order chi connectivity index (χ1) is 13.3.